The van der Waals surface area contributed by atoms with E-state index in [4.69, 9.17) is 0 Å². The standard InChI is InChI=1S/C31H32N4O3/c36-30(33(23-26-12-5-2-6-13-26)21-17-25-10-3-1-4-11-25)24-34-20-9-19-32-18-8-16-29(32)31(34)27-14-7-15-28(22-27)35(37)38/h1-8,10-16,18,22,31H,9,17,19-21,23-24H2. The van der Waals surface area contributed by atoms with Crippen molar-refractivity contribution >= 4 is 11.6 Å². The van der Waals surface area contributed by atoms with E-state index in [-0.39, 0.29) is 29.1 Å². The Balaban J connectivity index is 1.42. The van der Waals surface area contributed by atoms with Gasteiger partial charge in [0.1, 0.15) is 0 Å². The van der Waals surface area contributed by atoms with Gasteiger partial charge in [-0.2, -0.15) is 0 Å². The molecule has 2 heterocycles. The van der Waals surface area contributed by atoms with E-state index in [1.807, 2.05) is 71.8 Å². The van der Waals surface area contributed by atoms with Gasteiger partial charge in [0.2, 0.25) is 5.91 Å². The van der Waals surface area contributed by atoms with Crippen LogP contribution in [0.15, 0.2) is 103 Å². The smallest absolute Gasteiger partial charge is 0.269 e. The molecule has 3 aromatic carbocycles. The largest absolute Gasteiger partial charge is 0.350 e. The Kier molecular flexibility index (Phi) is 7.95. The Morgan fingerprint density at radius 2 is 1.63 bits per heavy atom. The first-order valence-electron chi connectivity index (χ1n) is 13.1. The van der Waals surface area contributed by atoms with Crippen molar-refractivity contribution in [3.8, 4) is 0 Å². The molecule has 1 aliphatic heterocycles. The predicted molar refractivity (Wildman–Crippen MR) is 148 cm³/mol. The molecule has 1 aromatic heterocycles. The molecule has 1 unspecified atom stereocenters. The van der Waals surface area contributed by atoms with Crippen molar-refractivity contribution in [2.24, 2.45) is 0 Å². The molecule has 0 N–H and O–H groups in total. The van der Waals surface area contributed by atoms with Crippen LogP contribution in [-0.2, 0) is 24.3 Å². The van der Waals surface area contributed by atoms with Gasteiger partial charge in [-0.1, -0.05) is 72.8 Å². The van der Waals surface area contributed by atoms with Crippen molar-refractivity contribution in [3.05, 3.63) is 136 Å². The second-order valence-electron chi connectivity index (χ2n) is 9.74. The van der Waals surface area contributed by atoms with E-state index in [1.165, 1.54) is 11.6 Å². The first kappa shape index (κ1) is 25.4. The third kappa shape index (κ3) is 6.01. The molecule has 1 atom stereocenters. The number of nitro groups is 1. The van der Waals surface area contributed by atoms with Crippen LogP contribution < -0.4 is 0 Å². The number of aromatic nitrogens is 1. The van der Waals surface area contributed by atoms with Crippen molar-refractivity contribution in [2.45, 2.75) is 32.0 Å². The highest BCUT2D eigenvalue weighted by atomic mass is 16.6. The lowest BCUT2D eigenvalue weighted by Crippen LogP contribution is -2.42. The minimum absolute atomic E-state index is 0.0558. The molecule has 7 heteroatoms. The molecule has 0 saturated carbocycles. The van der Waals surface area contributed by atoms with E-state index in [1.54, 1.807) is 12.1 Å². The van der Waals surface area contributed by atoms with Crippen molar-refractivity contribution in [2.75, 3.05) is 19.6 Å². The Morgan fingerprint density at radius 3 is 2.37 bits per heavy atom. The zero-order valence-corrected chi connectivity index (χ0v) is 21.4. The van der Waals surface area contributed by atoms with Gasteiger partial charge in [0, 0.05) is 50.2 Å². The molecule has 0 saturated heterocycles. The second-order valence-corrected chi connectivity index (χ2v) is 9.74. The maximum Gasteiger partial charge on any atom is 0.269 e. The van der Waals surface area contributed by atoms with Crippen molar-refractivity contribution in [3.63, 3.8) is 0 Å². The number of hydrogen-bond acceptors (Lipinski definition) is 4. The number of non-ortho nitro benzene ring substituents is 1. The summed E-state index contributed by atoms with van der Waals surface area (Å²) in [6, 6.07) is 30.9. The van der Waals surface area contributed by atoms with E-state index in [0.29, 0.717) is 13.1 Å². The highest BCUT2D eigenvalue weighted by Gasteiger charge is 2.31. The van der Waals surface area contributed by atoms with E-state index in [2.05, 4.69) is 27.7 Å². The quantitative estimate of drug-likeness (QED) is 0.222. The average Bonchev–Trinajstić information content (AvgIpc) is 3.33. The monoisotopic (exact) mass is 508 g/mol. The van der Waals surface area contributed by atoms with E-state index in [0.717, 1.165) is 42.8 Å². The molecule has 0 spiro atoms. The average molecular weight is 509 g/mol. The number of fused-ring (bicyclic) bond motifs is 1. The topological polar surface area (TPSA) is 71.6 Å². The van der Waals surface area contributed by atoms with E-state index >= 15 is 0 Å². The summed E-state index contributed by atoms with van der Waals surface area (Å²) in [5.74, 6) is 0.0558. The van der Waals surface area contributed by atoms with Gasteiger partial charge in [0.05, 0.1) is 17.5 Å². The number of rotatable bonds is 9. The number of nitro benzene ring substituents is 1. The minimum atomic E-state index is -0.361. The number of amides is 1. The fraction of sp³-hybridized carbons (Fsp3) is 0.258. The van der Waals surface area contributed by atoms with Gasteiger partial charge < -0.3 is 9.47 Å². The maximum atomic E-state index is 13.9. The Bertz CT molecular complexity index is 1370. The summed E-state index contributed by atoms with van der Waals surface area (Å²) in [5, 5.41) is 11.5. The molecule has 4 aromatic rings. The third-order valence-electron chi connectivity index (χ3n) is 7.17. The molecule has 0 fully saturated rings. The predicted octanol–water partition coefficient (Wildman–Crippen LogP) is 5.46. The molecule has 5 rings (SSSR count). The number of benzene rings is 3. The number of carbonyl (C=O) groups excluding carboxylic acids is 1. The lowest BCUT2D eigenvalue weighted by Gasteiger charge is -2.32. The van der Waals surface area contributed by atoms with Crippen LogP contribution in [0.1, 0.15) is 34.8 Å². The van der Waals surface area contributed by atoms with Crippen LogP contribution in [0.2, 0.25) is 0 Å². The minimum Gasteiger partial charge on any atom is -0.350 e. The maximum absolute atomic E-state index is 13.9. The van der Waals surface area contributed by atoms with E-state index < -0.39 is 0 Å². The summed E-state index contributed by atoms with van der Waals surface area (Å²) in [6.07, 6.45) is 3.71. The summed E-state index contributed by atoms with van der Waals surface area (Å²) in [6.45, 7) is 2.96. The van der Waals surface area contributed by atoms with Gasteiger partial charge >= 0.3 is 0 Å². The van der Waals surface area contributed by atoms with Gasteiger partial charge in [-0.3, -0.25) is 19.8 Å². The molecule has 7 nitrogen and oxygen atoms in total. The summed E-state index contributed by atoms with van der Waals surface area (Å²) in [7, 11) is 0. The van der Waals surface area contributed by atoms with Crippen LogP contribution in [0.5, 0.6) is 0 Å². The Labute approximate surface area is 223 Å². The van der Waals surface area contributed by atoms with Crippen molar-refractivity contribution in [1.29, 1.82) is 0 Å². The molecule has 0 radical (unpaired) electrons. The first-order chi connectivity index (χ1) is 18.6. The number of carbonyl (C=O) groups is 1. The fourth-order valence-corrected chi connectivity index (χ4v) is 5.28. The van der Waals surface area contributed by atoms with Crippen LogP contribution in [0.3, 0.4) is 0 Å². The van der Waals surface area contributed by atoms with Crippen molar-refractivity contribution < 1.29 is 9.72 Å². The second kappa shape index (κ2) is 11.9. The fourth-order valence-electron chi connectivity index (χ4n) is 5.28. The zero-order valence-electron chi connectivity index (χ0n) is 21.4. The molecule has 1 amide bonds. The van der Waals surface area contributed by atoms with Crippen LogP contribution >= 0.6 is 0 Å². The molecule has 1 aliphatic rings. The lowest BCUT2D eigenvalue weighted by atomic mass is 10.0. The molecule has 194 valence electrons. The van der Waals surface area contributed by atoms with Crippen LogP contribution in [0.25, 0.3) is 0 Å². The number of nitrogens with zero attached hydrogens (tertiary/aromatic N) is 4. The lowest BCUT2D eigenvalue weighted by molar-refractivity contribution is -0.384. The van der Waals surface area contributed by atoms with Crippen LogP contribution in [0.4, 0.5) is 5.69 Å². The van der Waals surface area contributed by atoms with Crippen molar-refractivity contribution in [1.82, 2.24) is 14.4 Å². The van der Waals surface area contributed by atoms with Gasteiger partial charge in [-0.15, -0.1) is 0 Å². The molecule has 0 aliphatic carbocycles. The molecular formula is C31H32N4O3. The highest BCUT2D eigenvalue weighted by molar-refractivity contribution is 5.78. The van der Waals surface area contributed by atoms with Gasteiger partial charge in [-0.25, -0.2) is 0 Å². The Hall–Kier alpha value is -4.23. The van der Waals surface area contributed by atoms with E-state index in [9.17, 15) is 14.9 Å². The SMILES string of the molecule is O=C(CN1CCCn2cccc2C1c1cccc([N+](=O)[O-])c1)N(CCc1ccccc1)Cc1ccccc1. The van der Waals surface area contributed by atoms with Gasteiger partial charge in [0.15, 0.2) is 0 Å². The summed E-state index contributed by atoms with van der Waals surface area (Å²) in [5.41, 5.74) is 4.22. The number of hydrogen-bond donors (Lipinski definition) is 0. The van der Waals surface area contributed by atoms with Crippen LogP contribution in [-0.4, -0.2) is 44.8 Å². The Morgan fingerprint density at radius 1 is 0.895 bits per heavy atom. The third-order valence-corrected chi connectivity index (χ3v) is 7.17. The summed E-state index contributed by atoms with van der Waals surface area (Å²) < 4.78 is 2.20. The van der Waals surface area contributed by atoms with Gasteiger partial charge in [-0.05, 0) is 41.7 Å². The first-order valence-corrected chi connectivity index (χ1v) is 13.1. The van der Waals surface area contributed by atoms with Gasteiger partial charge in [0.25, 0.3) is 5.69 Å². The molecule has 0 bridgehead atoms. The molecular weight excluding hydrogens is 476 g/mol. The summed E-state index contributed by atoms with van der Waals surface area (Å²) in [4.78, 5) is 29.2. The molecule has 38 heavy (non-hydrogen) atoms. The zero-order chi connectivity index (χ0) is 26.3. The van der Waals surface area contributed by atoms with Crippen LogP contribution in [0, 0.1) is 10.1 Å². The highest BCUT2D eigenvalue weighted by Crippen LogP contribution is 2.33. The normalized spacial score (nSPS) is 15.4. The summed E-state index contributed by atoms with van der Waals surface area (Å²) >= 11 is 0. The number of aryl methyl sites for hydroxylation is 1.